The van der Waals surface area contributed by atoms with E-state index < -0.39 is 6.10 Å². The summed E-state index contributed by atoms with van der Waals surface area (Å²) in [6.45, 7) is 4.22. The number of morpholine rings is 1. The van der Waals surface area contributed by atoms with Crippen molar-refractivity contribution in [2.75, 3.05) is 39.9 Å². The van der Waals surface area contributed by atoms with Gasteiger partial charge in [0.05, 0.1) is 25.9 Å². The maximum absolute atomic E-state index is 10.2. The van der Waals surface area contributed by atoms with Gasteiger partial charge >= 0.3 is 0 Å². The first-order chi connectivity index (χ1) is 10.8. The van der Waals surface area contributed by atoms with Gasteiger partial charge in [0.2, 0.25) is 0 Å². The molecule has 0 spiro atoms. The minimum atomic E-state index is -0.506. The van der Waals surface area contributed by atoms with Gasteiger partial charge in [-0.1, -0.05) is 12.1 Å². The minimum Gasteiger partial charge on any atom is -0.497 e. The summed E-state index contributed by atoms with van der Waals surface area (Å²) in [4.78, 5) is 2.54. The van der Waals surface area contributed by atoms with E-state index in [1.165, 1.54) is 12.8 Å². The van der Waals surface area contributed by atoms with Crippen molar-refractivity contribution < 1.29 is 14.6 Å². The molecular formula is C17H26N2O3. The van der Waals surface area contributed by atoms with Crippen LogP contribution in [0.25, 0.3) is 0 Å². The molecular weight excluding hydrogens is 280 g/mol. The Bertz CT molecular complexity index is 461. The van der Waals surface area contributed by atoms with Crippen molar-refractivity contribution in [1.82, 2.24) is 10.2 Å². The van der Waals surface area contributed by atoms with Gasteiger partial charge in [0.1, 0.15) is 5.75 Å². The predicted octanol–water partition coefficient (Wildman–Crippen LogP) is 1.18. The summed E-state index contributed by atoms with van der Waals surface area (Å²) in [6.07, 6.45) is 2.42. The van der Waals surface area contributed by atoms with E-state index in [1.807, 2.05) is 24.3 Å². The molecule has 1 aromatic rings. The van der Waals surface area contributed by atoms with Gasteiger partial charge in [-0.2, -0.15) is 0 Å². The molecule has 1 aromatic carbocycles. The Kier molecular flexibility index (Phi) is 5.31. The molecule has 1 saturated carbocycles. The van der Waals surface area contributed by atoms with Gasteiger partial charge in [0, 0.05) is 32.2 Å². The summed E-state index contributed by atoms with van der Waals surface area (Å²) in [5, 5.41) is 13.5. The molecule has 0 radical (unpaired) electrons. The number of aliphatic hydroxyl groups excluding tert-OH is 1. The van der Waals surface area contributed by atoms with Crippen LogP contribution in [0.15, 0.2) is 24.3 Å². The maximum atomic E-state index is 10.2. The molecule has 2 aliphatic rings. The van der Waals surface area contributed by atoms with E-state index in [0.29, 0.717) is 6.54 Å². The Morgan fingerprint density at radius 2 is 2.14 bits per heavy atom. The number of nitrogens with one attached hydrogen (secondary N) is 1. The summed E-state index contributed by atoms with van der Waals surface area (Å²) >= 11 is 0. The third kappa shape index (κ3) is 4.20. The van der Waals surface area contributed by atoms with Crippen LogP contribution in [-0.4, -0.2) is 62.0 Å². The minimum absolute atomic E-state index is 0.234. The summed E-state index contributed by atoms with van der Waals surface area (Å²) in [5.74, 6) is 0.805. The van der Waals surface area contributed by atoms with Crippen LogP contribution in [0.4, 0.5) is 0 Å². The Morgan fingerprint density at radius 3 is 2.82 bits per heavy atom. The van der Waals surface area contributed by atoms with Gasteiger partial charge in [-0.25, -0.2) is 0 Å². The third-order valence-electron chi connectivity index (χ3n) is 4.44. The Balaban J connectivity index is 1.39. The third-order valence-corrected chi connectivity index (χ3v) is 4.44. The molecule has 22 heavy (non-hydrogen) atoms. The monoisotopic (exact) mass is 306 g/mol. The van der Waals surface area contributed by atoms with Crippen molar-refractivity contribution in [3.05, 3.63) is 29.8 Å². The van der Waals surface area contributed by atoms with Gasteiger partial charge in [-0.15, -0.1) is 0 Å². The van der Waals surface area contributed by atoms with E-state index in [4.69, 9.17) is 9.47 Å². The van der Waals surface area contributed by atoms with E-state index in [0.717, 1.165) is 43.6 Å². The average molecular weight is 306 g/mol. The molecule has 1 aliphatic carbocycles. The first-order valence-electron chi connectivity index (χ1n) is 8.14. The second-order valence-electron chi connectivity index (χ2n) is 6.17. The normalized spacial score (nSPS) is 24.2. The number of rotatable bonds is 7. The van der Waals surface area contributed by atoms with Crippen LogP contribution in [0.5, 0.6) is 5.75 Å². The van der Waals surface area contributed by atoms with E-state index >= 15 is 0 Å². The van der Waals surface area contributed by atoms with Crippen molar-refractivity contribution in [3.63, 3.8) is 0 Å². The van der Waals surface area contributed by atoms with Gasteiger partial charge in [0.15, 0.2) is 0 Å². The molecule has 1 saturated heterocycles. The number of hydrogen-bond donors (Lipinski definition) is 2. The number of methoxy groups -OCH3 is 1. The zero-order valence-corrected chi connectivity index (χ0v) is 13.2. The Labute approximate surface area is 132 Å². The van der Waals surface area contributed by atoms with Crippen LogP contribution >= 0.6 is 0 Å². The van der Waals surface area contributed by atoms with Crippen LogP contribution in [0, 0.1) is 0 Å². The lowest BCUT2D eigenvalue weighted by Gasteiger charge is -2.33. The van der Waals surface area contributed by atoms with Crippen molar-refractivity contribution in [1.29, 1.82) is 0 Å². The first kappa shape index (κ1) is 15.7. The van der Waals surface area contributed by atoms with E-state index in [-0.39, 0.29) is 6.10 Å². The number of ether oxygens (including phenoxy) is 2. The molecule has 5 heteroatoms. The summed E-state index contributed by atoms with van der Waals surface area (Å²) in [6, 6.07) is 8.34. The highest BCUT2D eigenvalue weighted by Crippen LogP contribution is 2.28. The predicted molar refractivity (Wildman–Crippen MR) is 85.2 cm³/mol. The zero-order chi connectivity index (χ0) is 15.4. The molecule has 0 amide bonds. The largest absolute Gasteiger partial charge is 0.497 e. The second-order valence-corrected chi connectivity index (χ2v) is 6.17. The van der Waals surface area contributed by atoms with Crippen LogP contribution in [0.2, 0.25) is 0 Å². The fourth-order valence-corrected chi connectivity index (χ4v) is 2.96. The molecule has 1 heterocycles. The zero-order valence-electron chi connectivity index (χ0n) is 13.2. The van der Waals surface area contributed by atoms with Crippen molar-refractivity contribution in [2.45, 2.75) is 31.1 Å². The molecule has 2 atom stereocenters. The highest BCUT2D eigenvalue weighted by Gasteiger charge is 2.32. The highest BCUT2D eigenvalue weighted by molar-refractivity contribution is 5.28. The molecule has 5 nitrogen and oxygen atoms in total. The quantitative estimate of drug-likeness (QED) is 0.792. The molecule has 122 valence electrons. The standard InChI is InChI=1S/C17H26N2O3/c1-21-15-6-2-13(3-7-15)17(20)11-18-10-16-12-19(8-9-22-16)14-4-5-14/h2-3,6-7,14,16-18,20H,4-5,8-12H2,1H3/t16-,17-/m0/s1. The van der Waals surface area contributed by atoms with Gasteiger partial charge < -0.3 is 19.9 Å². The lowest BCUT2D eigenvalue weighted by molar-refractivity contribution is -0.0309. The lowest BCUT2D eigenvalue weighted by Crippen LogP contribution is -2.47. The highest BCUT2D eigenvalue weighted by atomic mass is 16.5. The summed E-state index contributed by atoms with van der Waals surface area (Å²) in [5.41, 5.74) is 0.900. The molecule has 2 fully saturated rings. The van der Waals surface area contributed by atoms with Crippen molar-refractivity contribution >= 4 is 0 Å². The summed E-state index contributed by atoms with van der Waals surface area (Å²) < 4.78 is 10.9. The SMILES string of the molecule is COc1ccc([C@@H](O)CNC[C@H]2CN(C3CC3)CCO2)cc1. The van der Waals surface area contributed by atoms with Crippen LogP contribution in [-0.2, 0) is 4.74 Å². The smallest absolute Gasteiger partial charge is 0.118 e. The fraction of sp³-hybridized carbons (Fsp3) is 0.647. The van der Waals surface area contributed by atoms with E-state index in [1.54, 1.807) is 7.11 Å². The molecule has 0 unspecified atom stereocenters. The maximum Gasteiger partial charge on any atom is 0.118 e. The van der Waals surface area contributed by atoms with Gasteiger partial charge in [-0.05, 0) is 30.5 Å². The number of aliphatic hydroxyl groups is 1. The molecule has 2 N–H and O–H groups in total. The van der Waals surface area contributed by atoms with E-state index in [2.05, 4.69) is 10.2 Å². The van der Waals surface area contributed by atoms with Crippen molar-refractivity contribution in [2.24, 2.45) is 0 Å². The topological polar surface area (TPSA) is 54.0 Å². The Morgan fingerprint density at radius 1 is 1.36 bits per heavy atom. The molecule has 0 bridgehead atoms. The molecule has 0 aromatic heterocycles. The van der Waals surface area contributed by atoms with E-state index in [9.17, 15) is 5.11 Å². The fourth-order valence-electron chi connectivity index (χ4n) is 2.96. The number of nitrogens with zero attached hydrogens (tertiary/aromatic N) is 1. The van der Waals surface area contributed by atoms with Gasteiger partial charge in [0.25, 0.3) is 0 Å². The second kappa shape index (κ2) is 7.42. The number of hydrogen-bond acceptors (Lipinski definition) is 5. The van der Waals surface area contributed by atoms with Crippen molar-refractivity contribution in [3.8, 4) is 5.75 Å². The van der Waals surface area contributed by atoms with Gasteiger partial charge in [-0.3, -0.25) is 4.90 Å². The average Bonchev–Trinajstić information content (AvgIpc) is 3.40. The first-order valence-corrected chi connectivity index (χ1v) is 8.14. The lowest BCUT2D eigenvalue weighted by atomic mass is 10.1. The molecule has 3 rings (SSSR count). The molecule has 1 aliphatic heterocycles. The van der Waals surface area contributed by atoms with Crippen LogP contribution in [0.1, 0.15) is 24.5 Å². The van der Waals surface area contributed by atoms with Crippen LogP contribution in [0.3, 0.4) is 0 Å². The van der Waals surface area contributed by atoms with Crippen LogP contribution < -0.4 is 10.1 Å². The summed E-state index contributed by atoms with van der Waals surface area (Å²) in [7, 11) is 1.64. The Hall–Kier alpha value is -1.14. The number of benzene rings is 1.